The third-order valence-corrected chi connectivity index (χ3v) is 6.69. The SMILES string of the molecule is CC[C@@]1(O)C(=O)OCc2c1cc1n(c2=O)Cc2c-1nc1cc(F)c(C)cc1c2CNC(=O)CO. The second-order valence-electron chi connectivity index (χ2n) is 8.57. The van der Waals surface area contributed by atoms with Gasteiger partial charge in [-0.1, -0.05) is 6.92 Å². The van der Waals surface area contributed by atoms with E-state index in [2.05, 4.69) is 10.3 Å². The minimum Gasteiger partial charge on any atom is -0.458 e. The summed E-state index contributed by atoms with van der Waals surface area (Å²) >= 11 is 0. The molecule has 5 rings (SSSR count). The van der Waals surface area contributed by atoms with Gasteiger partial charge in [-0.3, -0.25) is 9.59 Å². The van der Waals surface area contributed by atoms with Gasteiger partial charge in [0.05, 0.1) is 29.0 Å². The van der Waals surface area contributed by atoms with Crippen LogP contribution in [-0.2, 0) is 39.6 Å². The highest BCUT2D eigenvalue weighted by Gasteiger charge is 2.45. The molecule has 1 amide bonds. The van der Waals surface area contributed by atoms with Crippen molar-refractivity contribution in [3.63, 3.8) is 0 Å². The monoisotopic (exact) mass is 467 g/mol. The molecule has 0 aliphatic carbocycles. The minimum atomic E-state index is -1.96. The number of halogens is 1. The van der Waals surface area contributed by atoms with Crippen LogP contribution in [0.5, 0.6) is 0 Å². The summed E-state index contributed by atoms with van der Waals surface area (Å²) in [6.45, 7) is 2.48. The van der Waals surface area contributed by atoms with Gasteiger partial charge in [0.1, 0.15) is 19.0 Å². The molecule has 0 fully saturated rings. The van der Waals surface area contributed by atoms with E-state index in [1.165, 1.54) is 10.6 Å². The number of cyclic esters (lactones) is 1. The molecule has 2 aliphatic heterocycles. The molecule has 2 aromatic heterocycles. The quantitative estimate of drug-likeness (QED) is 0.384. The molecule has 3 N–H and O–H groups in total. The smallest absolute Gasteiger partial charge is 0.343 e. The van der Waals surface area contributed by atoms with Crippen molar-refractivity contribution in [2.24, 2.45) is 0 Å². The highest BCUT2D eigenvalue weighted by molar-refractivity contribution is 5.90. The number of aliphatic hydroxyl groups is 2. The molecule has 1 aromatic carbocycles. The Bertz CT molecular complexity index is 1460. The molecule has 2 aliphatic rings. The molecule has 0 unspecified atom stereocenters. The van der Waals surface area contributed by atoms with E-state index >= 15 is 0 Å². The molecule has 0 spiro atoms. The van der Waals surface area contributed by atoms with Crippen molar-refractivity contribution >= 4 is 22.8 Å². The number of aromatic nitrogens is 2. The first-order valence-corrected chi connectivity index (χ1v) is 10.9. The van der Waals surface area contributed by atoms with Crippen LogP contribution in [0.3, 0.4) is 0 Å². The first-order valence-electron chi connectivity index (χ1n) is 10.9. The van der Waals surface area contributed by atoms with E-state index in [1.807, 2.05) is 0 Å². The molecule has 34 heavy (non-hydrogen) atoms. The number of nitrogens with zero attached hydrogens (tertiary/aromatic N) is 2. The Morgan fingerprint density at radius 1 is 1.29 bits per heavy atom. The molecule has 0 saturated carbocycles. The highest BCUT2D eigenvalue weighted by atomic mass is 19.1. The zero-order valence-corrected chi connectivity index (χ0v) is 18.6. The van der Waals surface area contributed by atoms with Gasteiger partial charge in [-0.2, -0.15) is 0 Å². The van der Waals surface area contributed by atoms with Crippen molar-refractivity contribution in [2.45, 2.75) is 45.6 Å². The van der Waals surface area contributed by atoms with Gasteiger partial charge in [0.2, 0.25) is 5.91 Å². The van der Waals surface area contributed by atoms with Crippen LogP contribution in [0.4, 0.5) is 4.39 Å². The average molecular weight is 467 g/mol. The van der Waals surface area contributed by atoms with Gasteiger partial charge < -0.3 is 24.8 Å². The zero-order valence-electron chi connectivity index (χ0n) is 18.6. The van der Waals surface area contributed by atoms with Crippen LogP contribution >= 0.6 is 0 Å². The Morgan fingerprint density at radius 3 is 2.76 bits per heavy atom. The molecule has 10 heteroatoms. The van der Waals surface area contributed by atoms with Crippen molar-refractivity contribution in [3.05, 3.63) is 62.2 Å². The summed E-state index contributed by atoms with van der Waals surface area (Å²) in [6.07, 6.45) is 0.0165. The van der Waals surface area contributed by atoms with Crippen molar-refractivity contribution < 1.29 is 28.9 Å². The molecular weight excluding hydrogens is 445 g/mol. The number of carbonyl (C=O) groups excluding carboxylic acids is 2. The van der Waals surface area contributed by atoms with Crippen LogP contribution in [-0.4, -0.2) is 38.2 Å². The fraction of sp³-hybridized carbons (Fsp3) is 0.333. The Balaban J connectivity index is 1.78. The second kappa shape index (κ2) is 7.71. The molecule has 9 nitrogen and oxygen atoms in total. The fourth-order valence-electron chi connectivity index (χ4n) is 4.74. The standard InChI is InChI=1S/C24H22FN3O6/c1-3-24(33)16-5-19-21-14(8-28(19)22(31)15(16)10-34-23(24)32)13(7-26-20(30)9-29)12-4-11(2)17(25)6-18(12)27-21/h4-6,29,33H,3,7-10H2,1-2H3,(H,26,30)/t24-/m0/s1. The first-order chi connectivity index (χ1) is 16.2. The Labute approximate surface area is 192 Å². The minimum absolute atomic E-state index is 0.0165. The fourth-order valence-corrected chi connectivity index (χ4v) is 4.74. The third kappa shape index (κ3) is 3.06. The average Bonchev–Trinajstić information content (AvgIpc) is 3.19. The maximum absolute atomic E-state index is 14.4. The Hall–Kier alpha value is -3.63. The number of carbonyl (C=O) groups is 2. The van der Waals surface area contributed by atoms with Crippen LogP contribution in [0.15, 0.2) is 23.0 Å². The van der Waals surface area contributed by atoms with Gasteiger partial charge >= 0.3 is 5.97 Å². The topological polar surface area (TPSA) is 131 Å². The van der Waals surface area contributed by atoms with Crippen molar-refractivity contribution in [3.8, 4) is 11.4 Å². The molecular formula is C24H22FN3O6. The lowest BCUT2D eigenvalue weighted by molar-refractivity contribution is -0.172. The number of aliphatic hydroxyl groups excluding tert-OH is 1. The number of nitrogens with one attached hydrogen (secondary N) is 1. The van der Waals surface area contributed by atoms with Crippen molar-refractivity contribution in [2.75, 3.05) is 6.61 Å². The van der Waals surface area contributed by atoms with Gasteiger partial charge in [-0.05, 0) is 36.6 Å². The lowest BCUT2D eigenvalue weighted by Crippen LogP contribution is -2.44. The number of fused-ring (bicyclic) bond motifs is 5. The second-order valence-corrected chi connectivity index (χ2v) is 8.57. The van der Waals surface area contributed by atoms with E-state index in [4.69, 9.17) is 9.84 Å². The summed E-state index contributed by atoms with van der Waals surface area (Å²) in [7, 11) is 0. The predicted octanol–water partition coefficient (Wildman–Crippen LogP) is 1.14. The molecule has 176 valence electrons. The van der Waals surface area contributed by atoms with Gasteiger partial charge in [-0.15, -0.1) is 0 Å². The predicted molar refractivity (Wildman–Crippen MR) is 118 cm³/mol. The maximum Gasteiger partial charge on any atom is 0.343 e. The molecule has 3 aromatic rings. The molecule has 0 radical (unpaired) electrons. The van der Waals surface area contributed by atoms with Crippen LogP contribution < -0.4 is 10.9 Å². The van der Waals surface area contributed by atoms with Crippen LogP contribution in [0.2, 0.25) is 0 Å². The van der Waals surface area contributed by atoms with Gasteiger partial charge in [0.25, 0.3) is 5.56 Å². The number of amides is 1. The maximum atomic E-state index is 14.4. The van der Waals surface area contributed by atoms with E-state index in [0.29, 0.717) is 39.0 Å². The van der Waals surface area contributed by atoms with E-state index in [0.717, 1.165) is 0 Å². The molecule has 4 heterocycles. The zero-order chi connectivity index (χ0) is 24.4. The number of ether oxygens (including phenoxy) is 1. The van der Waals surface area contributed by atoms with Gasteiger partial charge in [-0.25, -0.2) is 14.2 Å². The van der Waals surface area contributed by atoms with E-state index in [1.54, 1.807) is 26.0 Å². The number of hydrogen-bond donors (Lipinski definition) is 3. The molecule has 0 saturated heterocycles. The van der Waals surface area contributed by atoms with Crippen LogP contribution in [0, 0.1) is 12.7 Å². The normalized spacial score (nSPS) is 18.3. The van der Waals surface area contributed by atoms with E-state index in [-0.39, 0.29) is 37.2 Å². The number of aryl methyl sites for hydroxylation is 1. The number of benzene rings is 1. The Morgan fingerprint density at radius 2 is 2.06 bits per heavy atom. The largest absolute Gasteiger partial charge is 0.458 e. The highest BCUT2D eigenvalue weighted by Crippen LogP contribution is 2.40. The summed E-state index contributed by atoms with van der Waals surface area (Å²) in [5, 5.41) is 23.4. The number of pyridine rings is 2. The van der Waals surface area contributed by atoms with E-state index in [9.17, 15) is 23.9 Å². The van der Waals surface area contributed by atoms with Crippen molar-refractivity contribution in [1.29, 1.82) is 0 Å². The van der Waals surface area contributed by atoms with Crippen LogP contribution in [0.25, 0.3) is 22.3 Å². The van der Waals surface area contributed by atoms with E-state index < -0.39 is 35.5 Å². The van der Waals surface area contributed by atoms with Gasteiger partial charge in [0, 0.05) is 29.1 Å². The van der Waals surface area contributed by atoms with Crippen LogP contribution in [0.1, 0.15) is 41.2 Å². The van der Waals surface area contributed by atoms with Gasteiger partial charge in [0.15, 0.2) is 5.60 Å². The summed E-state index contributed by atoms with van der Waals surface area (Å²) in [5.41, 5.74) is 0.830. The summed E-state index contributed by atoms with van der Waals surface area (Å²) in [6, 6.07) is 4.50. The summed E-state index contributed by atoms with van der Waals surface area (Å²) < 4.78 is 21.0. The molecule has 1 atom stereocenters. The number of esters is 1. The number of hydrogen-bond acceptors (Lipinski definition) is 7. The van der Waals surface area contributed by atoms with Crippen molar-refractivity contribution in [1.82, 2.24) is 14.9 Å². The first kappa shape index (κ1) is 22.2. The third-order valence-electron chi connectivity index (χ3n) is 6.69. The number of rotatable bonds is 4. The summed E-state index contributed by atoms with van der Waals surface area (Å²) in [5.74, 6) is -1.85. The Kier molecular flexibility index (Phi) is 5.03. The molecule has 0 bridgehead atoms. The lowest BCUT2D eigenvalue weighted by Gasteiger charge is -2.31. The summed E-state index contributed by atoms with van der Waals surface area (Å²) in [4.78, 5) is 42.1. The lowest BCUT2D eigenvalue weighted by atomic mass is 9.86.